The van der Waals surface area contributed by atoms with Crippen molar-refractivity contribution in [3.8, 4) is 5.75 Å². The molecule has 8 nitrogen and oxygen atoms in total. The summed E-state index contributed by atoms with van der Waals surface area (Å²) in [5.74, 6) is -0.872. The van der Waals surface area contributed by atoms with E-state index in [0.717, 1.165) is 18.8 Å². The lowest BCUT2D eigenvalue weighted by Gasteiger charge is -2.31. The first-order chi connectivity index (χ1) is 13.4. The predicted molar refractivity (Wildman–Crippen MR) is 103 cm³/mol. The van der Waals surface area contributed by atoms with Gasteiger partial charge in [-0.1, -0.05) is 12.1 Å². The molecular weight excluding hydrogens is 362 g/mol. The fraction of sp³-hybridized carbons (Fsp3) is 0.400. The van der Waals surface area contributed by atoms with Gasteiger partial charge in [0.25, 0.3) is 0 Å². The molecule has 0 saturated carbocycles. The van der Waals surface area contributed by atoms with Crippen LogP contribution in [-0.2, 0) is 16.0 Å². The summed E-state index contributed by atoms with van der Waals surface area (Å²) in [7, 11) is 1.50. The zero-order valence-corrected chi connectivity index (χ0v) is 15.7. The van der Waals surface area contributed by atoms with Crippen LogP contribution in [0.25, 0.3) is 0 Å². The largest absolute Gasteiger partial charge is 0.497 e. The lowest BCUT2D eigenvalue weighted by atomic mass is 9.85. The molecular formula is C20H25N3O5. The highest BCUT2D eigenvalue weighted by molar-refractivity contribution is 5.79. The lowest BCUT2D eigenvalue weighted by Crippen LogP contribution is -2.50. The van der Waals surface area contributed by atoms with Crippen molar-refractivity contribution in [3.63, 3.8) is 0 Å². The second-order valence-electron chi connectivity index (χ2n) is 6.76. The minimum Gasteiger partial charge on any atom is -0.497 e. The molecule has 0 aliphatic carbocycles. The van der Waals surface area contributed by atoms with E-state index in [-0.39, 0.29) is 6.42 Å². The van der Waals surface area contributed by atoms with Crippen molar-refractivity contribution in [1.29, 1.82) is 0 Å². The van der Waals surface area contributed by atoms with Crippen LogP contribution in [0.4, 0.5) is 5.69 Å². The Balaban J connectivity index is 1.81. The molecule has 2 heterocycles. The maximum atomic E-state index is 11.9. The van der Waals surface area contributed by atoms with Crippen LogP contribution in [0.5, 0.6) is 5.75 Å². The average molecular weight is 387 g/mol. The van der Waals surface area contributed by atoms with E-state index in [2.05, 4.69) is 9.88 Å². The number of hydrogen-bond acceptors (Lipinski definition) is 7. The predicted octanol–water partition coefficient (Wildman–Crippen LogP) is 0.985. The highest BCUT2D eigenvalue weighted by Gasteiger charge is 2.43. The van der Waals surface area contributed by atoms with Gasteiger partial charge in [-0.05, 0) is 23.8 Å². The van der Waals surface area contributed by atoms with Crippen molar-refractivity contribution in [2.45, 2.75) is 18.1 Å². The fourth-order valence-electron chi connectivity index (χ4n) is 3.26. The van der Waals surface area contributed by atoms with E-state index in [1.165, 1.54) is 13.3 Å². The van der Waals surface area contributed by atoms with E-state index in [0.29, 0.717) is 30.2 Å². The third kappa shape index (κ3) is 4.24. The van der Waals surface area contributed by atoms with Crippen molar-refractivity contribution in [1.82, 2.24) is 4.98 Å². The topological polar surface area (TPSA) is 118 Å². The highest BCUT2D eigenvalue weighted by atomic mass is 16.5. The van der Waals surface area contributed by atoms with Crippen LogP contribution in [0.2, 0.25) is 0 Å². The summed E-state index contributed by atoms with van der Waals surface area (Å²) < 4.78 is 10.5. The third-order valence-electron chi connectivity index (χ3n) is 4.99. The Morgan fingerprint density at radius 1 is 1.32 bits per heavy atom. The number of hydrogen-bond donors (Lipinski definition) is 3. The minimum absolute atomic E-state index is 0.244. The zero-order valence-electron chi connectivity index (χ0n) is 15.7. The summed E-state index contributed by atoms with van der Waals surface area (Å²) in [4.78, 5) is 18.2. The molecule has 28 heavy (non-hydrogen) atoms. The number of nitrogens with two attached hydrogens (primary N) is 1. The SMILES string of the molecule is COc1ccnc(C[C@](O)(C(=O)O)[C@@H](N)c2ccc(N3CCOCC3)cc2)c1. The molecule has 1 fully saturated rings. The summed E-state index contributed by atoms with van der Waals surface area (Å²) >= 11 is 0. The number of methoxy groups -OCH3 is 1. The van der Waals surface area contributed by atoms with Crippen molar-refractivity contribution in [2.75, 3.05) is 38.3 Å². The Labute approximate surface area is 163 Å². The maximum Gasteiger partial charge on any atom is 0.338 e. The van der Waals surface area contributed by atoms with E-state index < -0.39 is 17.6 Å². The van der Waals surface area contributed by atoms with Crippen LogP contribution in [-0.4, -0.2) is 60.2 Å². The molecule has 2 atom stereocenters. The molecule has 150 valence electrons. The number of aliphatic hydroxyl groups is 1. The molecule has 1 aromatic carbocycles. The van der Waals surface area contributed by atoms with Crippen molar-refractivity contribution in [2.24, 2.45) is 5.73 Å². The summed E-state index contributed by atoms with van der Waals surface area (Å²) in [6.07, 6.45) is 1.25. The van der Waals surface area contributed by atoms with E-state index in [4.69, 9.17) is 15.2 Å². The number of anilines is 1. The van der Waals surface area contributed by atoms with Crippen LogP contribution in [0, 0.1) is 0 Å². The van der Waals surface area contributed by atoms with E-state index >= 15 is 0 Å². The molecule has 1 aliphatic heterocycles. The standard InChI is InChI=1S/C20H25N3O5/c1-27-17-6-7-22-15(12-17)13-20(26,19(24)25)18(21)14-2-4-16(5-3-14)23-8-10-28-11-9-23/h2-7,12,18,26H,8-11,13,21H2,1H3,(H,24,25)/t18-,20+/m0/s1. The number of carbonyl (C=O) groups is 1. The molecule has 1 aromatic heterocycles. The first-order valence-corrected chi connectivity index (χ1v) is 9.07. The molecule has 0 radical (unpaired) electrons. The lowest BCUT2D eigenvalue weighted by molar-refractivity contribution is -0.161. The maximum absolute atomic E-state index is 11.9. The second-order valence-corrected chi connectivity index (χ2v) is 6.76. The Kier molecular flexibility index (Phi) is 6.13. The molecule has 1 aliphatic rings. The fourth-order valence-corrected chi connectivity index (χ4v) is 3.26. The Morgan fingerprint density at radius 3 is 2.61 bits per heavy atom. The van der Waals surface area contributed by atoms with Gasteiger partial charge in [0.1, 0.15) is 5.75 Å². The van der Waals surface area contributed by atoms with Gasteiger partial charge in [-0.3, -0.25) is 4.98 Å². The normalized spacial score (nSPS) is 17.6. The van der Waals surface area contributed by atoms with E-state index in [1.54, 1.807) is 24.3 Å². The minimum atomic E-state index is -2.21. The van der Waals surface area contributed by atoms with Gasteiger partial charge in [-0.2, -0.15) is 0 Å². The Bertz CT molecular complexity index is 808. The quantitative estimate of drug-likeness (QED) is 0.644. The number of rotatable bonds is 7. The molecule has 4 N–H and O–H groups in total. The van der Waals surface area contributed by atoms with E-state index in [9.17, 15) is 15.0 Å². The van der Waals surface area contributed by atoms with Gasteiger partial charge in [0, 0.05) is 43.2 Å². The Morgan fingerprint density at radius 2 is 2.00 bits per heavy atom. The third-order valence-corrected chi connectivity index (χ3v) is 4.99. The molecule has 0 amide bonds. The first kappa shape index (κ1) is 20.1. The number of carboxylic acids is 1. The van der Waals surface area contributed by atoms with Gasteiger partial charge in [-0.25, -0.2) is 4.79 Å². The van der Waals surface area contributed by atoms with Crippen LogP contribution >= 0.6 is 0 Å². The average Bonchev–Trinajstić information content (AvgIpc) is 2.74. The number of nitrogens with zero attached hydrogens (tertiary/aromatic N) is 2. The summed E-state index contributed by atoms with van der Waals surface area (Å²) in [5, 5.41) is 20.6. The number of morpholine rings is 1. The van der Waals surface area contributed by atoms with Gasteiger partial charge in [0.2, 0.25) is 0 Å². The van der Waals surface area contributed by atoms with Crippen LogP contribution in [0.1, 0.15) is 17.3 Å². The number of aromatic nitrogens is 1. The van der Waals surface area contributed by atoms with Gasteiger partial charge in [0.15, 0.2) is 5.60 Å². The second kappa shape index (κ2) is 8.55. The monoisotopic (exact) mass is 387 g/mol. The molecule has 2 aromatic rings. The molecule has 0 bridgehead atoms. The van der Waals surface area contributed by atoms with Gasteiger partial charge < -0.3 is 30.3 Å². The summed E-state index contributed by atoms with van der Waals surface area (Å²) in [5.41, 5.74) is 5.91. The van der Waals surface area contributed by atoms with Gasteiger partial charge in [-0.15, -0.1) is 0 Å². The number of ether oxygens (including phenoxy) is 2. The first-order valence-electron chi connectivity index (χ1n) is 9.07. The van der Waals surface area contributed by atoms with Gasteiger partial charge >= 0.3 is 5.97 Å². The number of carboxylic acid groups (broad SMARTS) is 1. The van der Waals surface area contributed by atoms with Crippen molar-refractivity contribution in [3.05, 3.63) is 53.9 Å². The smallest absolute Gasteiger partial charge is 0.338 e. The van der Waals surface area contributed by atoms with Crippen LogP contribution in [0.15, 0.2) is 42.6 Å². The molecule has 1 saturated heterocycles. The highest BCUT2D eigenvalue weighted by Crippen LogP contribution is 2.30. The number of benzene rings is 1. The number of aliphatic carboxylic acids is 1. The molecule has 8 heteroatoms. The van der Waals surface area contributed by atoms with E-state index in [1.807, 2.05) is 12.1 Å². The van der Waals surface area contributed by atoms with Crippen LogP contribution < -0.4 is 15.4 Å². The molecule has 0 unspecified atom stereocenters. The van der Waals surface area contributed by atoms with Crippen molar-refractivity contribution >= 4 is 11.7 Å². The Hall–Kier alpha value is -2.68. The number of pyridine rings is 1. The molecule has 3 rings (SSSR count). The molecule has 0 spiro atoms. The van der Waals surface area contributed by atoms with Crippen LogP contribution in [0.3, 0.4) is 0 Å². The van der Waals surface area contributed by atoms with Crippen molar-refractivity contribution < 1.29 is 24.5 Å². The summed E-state index contributed by atoms with van der Waals surface area (Å²) in [6.45, 7) is 2.94. The summed E-state index contributed by atoms with van der Waals surface area (Å²) in [6, 6.07) is 9.37. The zero-order chi connectivity index (χ0) is 20.1. The van der Waals surface area contributed by atoms with Gasteiger partial charge in [0.05, 0.1) is 26.4 Å².